The molecule has 0 radical (unpaired) electrons. The van der Waals surface area contributed by atoms with Crippen molar-refractivity contribution in [2.75, 3.05) is 7.05 Å². The van der Waals surface area contributed by atoms with E-state index in [1.807, 2.05) is 19.2 Å². The van der Waals surface area contributed by atoms with Crippen LogP contribution in [0.1, 0.15) is 219 Å². The number of benzene rings is 3. The lowest BCUT2D eigenvalue weighted by atomic mass is 9.32. The van der Waals surface area contributed by atoms with E-state index in [0.29, 0.717) is 56.3 Å². The van der Waals surface area contributed by atoms with Gasteiger partial charge in [-0.15, -0.1) is 0 Å². The first-order valence-electron chi connectivity index (χ1n) is 36.9. The van der Waals surface area contributed by atoms with Gasteiger partial charge in [0.2, 0.25) is 0 Å². The molecule has 3 aromatic rings. The number of hydrogen-bond donors (Lipinski definition) is 7. The van der Waals surface area contributed by atoms with E-state index in [1.54, 1.807) is 6.08 Å². The van der Waals surface area contributed by atoms with Gasteiger partial charge in [0.25, 0.3) is 0 Å². The van der Waals surface area contributed by atoms with E-state index in [-0.39, 0.29) is 72.8 Å². The topological polar surface area (TPSA) is 177 Å². The van der Waals surface area contributed by atoms with E-state index < -0.39 is 86.4 Å². The number of hydrogen-bond acceptors (Lipinski definition) is 10. The summed E-state index contributed by atoms with van der Waals surface area (Å²) < 4.78 is 6.61. The lowest BCUT2D eigenvalue weighted by Crippen LogP contribution is -2.86. The Balaban J connectivity index is 0.886. The number of ether oxygens (including phenoxy) is 1. The molecule has 15 bridgehead atoms. The summed E-state index contributed by atoms with van der Waals surface area (Å²) in [5.41, 5.74) is -0.962. The van der Waals surface area contributed by atoms with Crippen LogP contribution in [0.3, 0.4) is 0 Å². The Hall–Kier alpha value is -4.18. The Kier molecular flexibility index (Phi) is 14.2. The summed E-state index contributed by atoms with van der Waals surface area (Å²) in [4.78, 5) is 30.1. The van der Waals surface area contributed by atoms with Crippen LogP contribution in [-0.2, 0) is 45.6 Å². The molecule has 11 fully saturated rings. The number of aldehydes is 1. The average Bonchev–Trinajstić information content (AvgIpc) is 1.63. The Morgan fingerprint density at radius 3 is 2.26 bits per heavy atom. The maximum atomic E-state index is 15.7. The zero-order valence-corrected chi connectivity index (χ0v) is 54.5. The van der Waals surface area contributed by atoms with E-state index in [4.69, 9.17) is 4.74 Å². The van der Waals surface area contributed by atoms with E-state index in [2.05, 4.69) is 78.7 Å². The van der Waals surface area contributed by atoms with Gasteiger partial charge in [0.1, 0.15) is 23.6 Å². The highest BCUT2D eigenvalue weighted by molar-refractivity contribution is 5.86. The lowest BCUT2D eigenvalue weighted by molar-refractivity contribution is -0.385. The summed E-state index contributed by atoms with van der Waals surface area (Å²) >= 11 is 0. The second-order valence-electron chi connectivity index (χ2n) is 34.6. The number of rotatable bonds is 5. The average molecular weight is 1230 g/mol. The third-order valence-electron chi connectivity index (χ3n) is 31.3. The van der Waals surface area contributed by atoms with Crippen molar-refractivity contribution in [3.8, 4) is 11.8 Å². The number of likely N-dealkylation sites (N-methyl/N-ethyl adjacent to an activating group) is 1. The Bertz CT molecular complexity index is 3500. The SMILES string of the molecule is CNC1Cc2c(cccc2CO)C#CC23CCC(Cc4cccc(c4)C4(CCC5(CCCC5)C4)c4cccc(c4)CCC4CCC5(C4)CC4(C=O)C6CCC7(C2)C2C8=CC(=O)OC8C1CC2CC7(O)C6(O)C(O)C1CC(C(C)C2CCCC2)CCC(C5O)C14O)C3. The van der Waals surface area contributed by atoms with Crippen molar-refractivity contribution in [2.24, 2.45) is 92.2 Å². The van der Waals surface area contributed by atoms with Gasteiger partial charge in [0.15, 0.2) is 0 Å². The largest absolute Gasteiger partial charge is 0.454 e. The fourth-order valence-corrected chi connectivity index (χ4v) is 27.4. The predicted molar refractivity (Wildman–Crippen MR) is 349 cm³/mol. The third kappa shape index (κ3) is 8.41. The fourth-order valence-electron chi connectivity index (χ4n) is 27.4. The smallest absolute Gasteiger partial charge is 0.331 e. The van der Waals surface area contributed by atoms with Crippen LogP contribution in [0.25, 0.3) is 0 Å². The highest BCUT2D eigenvalue weighted by Gasteiger charge is 2.87. The van der Waals surface area contributed by atoms with Crippen LogP contribution in [0.4, 0.5) is 0 Å². The minimum absolute atomic E-state index is 0.0615. The molecule has 3 aromatic carbocycles. The molecule has 22 unspecified atom stereocenters. The standard InChI is InChI=1S/C81H103NO9/c1-49(54-12-3-4-13-54)56-20-21-64-71(86)75-30-23-51(42-75)19-18-50-10-7-16-59(35-50)76(33-32-73(45-76)26-5-6-27-73)60-17-8-11-52(36-60)34-53-22-28-74(41-53)29-24-55-14-9-15-57(44-83)61(55)39-66(82-2)62-37-58-43-79(88)77(46-74,69(58)63-40-68(85)91-70(62)63)31-25-67-78(47-75,48-84)80(64,89)65(38-56)72(87)81(67,79)90/h7-11,14-17,35-36,40,48-49,51,53-54,56,58,62,64-67,69-72,82-83,86-90H,3-6,12-13,18-23,25-28,30-34,37-39,41-47H2,1-2H3. The van der Waals surface area contributed by atoms with Crippen LogP contribution in [0, 0.1) is 104 Å². The number of aliphatic hydroxyl groups is 6. The molecule has 0 aromatic heterocycles. The van der Waals surface area contributed by atoms with E-state index in [0.717, 1.165) is 106 Å². The normalized spacial score (nSPS) is 46.8. The van der Waals surface area contributed by atoms with Crippen LogP contribution < -0.4 is 5.32 Å². The van der Waals surface area contributed by atoms with Gasteiger partial charge in [-0.3, -0.25) is 0 Å². The zero-order valence-electron chi connectivity index (χ0n) is 54.5. The first-order chi connectivity index (χ1) is 43.9. The second kappa shape index (κ2) is 21.4. The van der Waals surface area contributed by atoms with Crippen LogP contribution >= 0.6 is 0 Å². The Morgan fingerprint density at radius 1 is 0.714 bits per heavy atom. The molecule has 1 heterocycles. The van der Waals surface area contributed by atoms with Gasteiger partial charge in [-0.2, -0.15) is 0 Å². The molecule has 1 aliphatic heterocycles. The molecule has 7 N–H and O–H groups in total. The van der Waals surface area contributed by atoms with Gasteiger partial charge >= 0.3 is 5.97 Å². The number of nitrogens with one attached hydrogen (secondary N) is 1. The molecule has 22 atom stereocenters. The van der Waals surface area contributed by atoms with E-state index >= 15 is 15.0 Å². The summed E-state index contributed by atoms with van der Waals surface area (Å²) in [5, 5.41) is 88.6. The highest BCUT2D eigenvalue weighted by atomic mass is 16.5. The molecule has 5 spiro atoms. The van der Waals surface area contributed by atoms with Crippen LogP contribution in [0.15, 0.2) is 78.4 Å². The van der Waals surface area contributed by atoms with Crippen molar-refractivity contribution < 1.29 is 45.0 Å². The van der Waals surface area contributed by atoms with Crippen LogP contribution in [0.2, 0.25) is 0 Å². The number of fused-ring (bicyclic) bond motifs is 3. The number of carbonyl (C=O) groups is 2. The molecule has 91 heavy (non-hydrogen) atoms. The minimum Gasteiger partial charge on any atom is -0.454 e. The molecular formula is C81H103NO9. The van der Waals surface area contributed by atoms with E-state index in [9.17, 15) is 25.2 Å². The minimum atomic E-state index is -2.28. The van der Waals surface area contributed by atoms with Crippen molar-refractivity contribution in [1.29, 1.82) is 0 Å². The van der Waals surface area contributed by atoms with Crippen molar-refractivity contribution in [3.05, 3.63) is 117 Å². The fraction of sp³-hybridized carbons (Fsp3) is 0.704. The maximum absolute atomic E-state index is 15.7. The lowest BCUT2D eigenvalue weighted by Gasteiger charge is -2.75. The van der Waals surface area contributed by atoms with Crippen molar-refractivity contribution >= 4 is 12.3 Å². The van der Waals surface area contributed by atoms with Crippen LogP contribution in [-0.4, -0.2) is 91.1 Å². The first kappa shape index (κ1) is 60.5. The summed E-state index contributed by atoms with van der Waals surface area (Å²) in [6, 6.07) is 25.2. The summed E-state index contributed by atoms with van der Waals surface area (Å²) in [6.07, 6.45) is 24.7. The molecule has 19 rings (SSSR count). The predicted octanol–water partition coefficient (Wildman–Crippen LogP) is 12.1. The van der Waals surface area contributed by atoms with Gasteiger partial charge in [0, 0.05) is 57.6 Å². The Morgan fingerprint density at radius 2 is 1.48 bits per heavy atom. The van der Waals surface area contributed by atoms with Crippen LogP contribution in [0.5, 0.6) is 0 Å². The van der Waals surface area contributed by atoms with Gasteiger partial charge in [-0.05, 0) is 258 Å². The van der Waals surface area contributed by atoms with E-state index in [1.165, 1.54) is 73.6 Å². The number of esters is 1. The molecule has 10 nitrogen and oxygen atoms in total. The van der Waals surface area contributed by atoms with Crippen molar-refractivity contribution in [1.82, 2.24) is 5.32 Å². The molecule has 11 saturated carbocycles. The summed E-state index contributed by atoms with van der Waals surface area (Å²) in [6.45, 7) is 2.23. The number of carbonyl (C=O) groups excluding carboxylic acids is 2. The molecule has 0 saturated heterocycles. The summed E-state index contributed by atoms with van der Waals surface area (Å²) in [5.74, 6) is 5.26. The number of aliphatic hydroxyl groups excluding tert-OH is 3. The van der Waals surface area contributed by atoms with Crippen molar-refractivity contribution in [3.63, 3.8) is 0 Å². The maximum Gasteiger partial charge on any atom is 0.331 e. The zero-order chi connectivity index (χ0) is 62.3. The van der Waals surface area contributed by atoms with Gasteiger partial charge < -0.3 is 45.5 Å². The Labute approximate surface area is 541 Å². The first-order valence-corrected chi connectivity index (χ1v) is 36.9. The highest BCUT2D eigenvalue weighted by Crippen LogP contribution is 2.80. The number of aryl methyl sites for hydroxylation is 1. The van der Waals surface area contributed by atoms with Gasteiger partial charge in [0.05, 0.1) is 29.8 Å². The third-order valence-corrected chi connectivity index (χ3v) is 31.3. The monoisotopic (exact) mass is 1230 g/mol. The second-order valence-corrected chi connectivity index (χ2v) is 34.6. The molecule has 15 aliphatic carbocycles. The molecule has 0 amide bonds. The molecular weight excluding hydrogens is 1130 g/mol. The van der Waals surface area contributed by atoms with Crippen molar-refractivity contribution in [2.45, 2.75) is 253 Å². The molecule has 16 aliphatic rings. The van der Waals surface area contributed by atoms with Gasteiger partial charge in [-0.1, -0.05) is 118 Å². The molecule has 10 heteroatoms. The summed E-state index contributed by atoms with van der Waals surface area (Å²) in [7, 11) is 1.96. The van der Waals surface area contributed by atoms with Gasteiger partial charge in [-0.25, -0.2) is 4.79 Å². The molecule has 486 valence electrons. The quantitative estimate of drug-likeness (QED) is 0.0739.